The zero-order valence-electron chi connectivity index (χ0n) is 21.4. The number of ketones is 1. The van der Waals surface area contributed by atoms with Crippen molar-refractivity contribution in [3.63, 3.8) is 0 Å². The summed E-state index contributed by atoms with van der Waals surface area (Å²) >= 11 is 6.02. The van der Waals surface area contributed by atoms with Crippen molar-refractivity contribution in [3.05, 3.63) is 99.8 Å². The molecule has 1 aliphatic rings. The summed E-state index contributed by atoms with van der Waals surface area (Å²) in [7, 11) is 0. The minimum atomic E-state index is -0.954. The minimum Gasteiger partial charge on any atom is -0.507 e. The van der Waals surface area contributed by atoms with Crippen molar-refractivity contribution >= 4 is 34.7 Å². The van der Waals surface area contributed by atoms with Gasteiger partial charge in [0.1, 0.15) is 17.3 Å². The van der Waals surface area contributed by atoms with Gasteiger partial charge >= 0.3 is 0 Å². The fourth-order valence-electron chi connectivity index (χ4n) is 4.36. The van der Waals surface area contributed by atoms with Crippen LogP contribution in [0.2, 0.25) is 5.02 Å². The largest absolute Gasteiger partial charge is 0.507 e. The first-order valence-electron chi connectivity index (χ1n) is 12.0. The number of hydrogen-bond donors (Lipinski definition) is 1. The molecule has 1 fully saturated rings. The second-order valence-electron chi connectivity index (χ2n) is 10.3. The maximum absolute atomic E-state index is 13.9. The molecule has 0 bridgehead atoms. The van der Waals surface area contributed by atoms with Crippen molar-refractivity contribution in [1.82, 2.24) is 0 Å². The Bertz CT molecular complexity index is 1390. The number of aliphatic hydroxyl groups is 1. The molecule has 0 aliphatic carbocycles. The Balaban J connectivity index is 1.92. The molecule has 0 saturated carbocycles. The van der Waals surface area contributed by atoms with Crippen molar-refractivity contribution in [2.24, 2.45) is 0 Å². The molecule has 5 nitrogen and oxygen atoms in total. The monoisotopic (exact) mass is 521 g/mol. The Kier molecular flexibility index (Phi) is 7.16. The van der Waals surface area contributed by atoms with E-state index in [0.29, 0.717) is 16.9 Å². The quantitative estimate of drug-likeness (QED) is 0.219. The van der Waals surface area contributed by atoms with E-state index in [1.54, 1.807) is 24.3 Å². The molecule has 0 aromatic heterocycles. The molecule has 7 heteroatoms. The molecule has 1 N–H and O–H groups in total. The van der Waals surface area contributed by atoms with Crippen molar-refractivity contribution in [3.8, 4) is 5.75 Å². The molecular weight excluding hydrogens is 493 g/mol. The van der Waals surface area contributed by atoms with Gasteiger partial charge in [0.15, 0.2) is 0 Å². The number of hydrogen-bond acceptors (Lipinski definition) is 4. The number of ether oxygens (including phenoxy) is 1. The first kappa shape index (κ1) is 26.4. The van der Waals surface area contributed by atoms with Gasteiger partial charge in [-0.1, -0.05) is 68.8 Å². The van der Waals surface area contributed by atoms with Crippen LogP contribution in [0.3, 0.4) is 0 Å². The molecule has 1 saturated heterocycles. The Labute approximate surface area is 221 Å². The van der Waals surface area contributed by atoms with Gasteiger partial charge in [-0.15, -0.1) is 0 Å². The third-order valence-electron chi connectivity index (χ3n) is 6.20. The lowest BCUT2D eigenvalue weighted by molar-refractivity contribution is -0.132. The lowest BCUT2D eigenvalue weighted by atomic mass is 9.85. The number of benzene rings is 3. The van der Waals surface area contributed by atoms with E-state index in [9.17, 15) is 19.1 Å². The van der Waals surface area contributed by atoms with Gasteiger partial charge in [0, 0.05) is 11.3 Å². The number of Topliss-reactive ketones (excluding diaryl/α,β-unsaturated/α-hetero) is 1. The molecule has 1 atom stereocenters. The van der Waals surface area contributed by atoms with Crippen molar-refractivity contribution < 1.29 is 23.8 Å². The van der Waals surface area contributed by atoms with Crippen molar-refractivity contribution in [1.29, 1.82) is 0 Å². The SMILES string of the molecule is CC(C)Oc1cccc(/C(O)=C2\C(=O)C(=O)N(c3ccc(F)c(Cl)c3)C2c2ccc(C(C)(C)C)cc2)c1. The van der Waals surface area contributed by atoms with Gasteiger partial charge in [-0.05, 0) is 60.7 Å². The number of nitrogens with zero attached hydrogens (tertiary/aromatic N) is 1. The maximum atomic E-state index is 13.9. The first-order chi connectivity index (χ1) is 17.4. The molecule has 192 valence electrons. The summed E-state index contributed by atoms with van der Waals surface area (Å²) in [6, 6.07) is 17.1. The summed E-state index contributed by atoms with van der Waals surface area (Å²) in [5, 5.41) is 11.2. The highest BCUT2D eigenvalue weighted by Gasteiger charge is 2.47. The number of carbonyl (C=O) groups is 2. The van der Waals surface area contributed by atoms with Crippen LogP contribution in [-0.2, 0) is 15.0 Å². The second-order valence-corrected chi connectivity index (χ2v) is 10.7. The van der Waals surface area contributed by atoms with Gasteiger partial charge in [0.25, 0.3) is 11.7 Å². The molecule has 1 heterocycles. The summed E-state index contributed by atoms with van der Waals surface area (Å²) in [5.41, 5.74) is 2.08. The second kappa shape index (κ2) is 10.0. The van der Waals surface area contributed by atoms with Gasteiger partial charge in [0.05, 0.1) is 22.7 Å². The van der Waals surface area contributed by atoms with E-state index in [-0.39, 0.29) is 33.6 Å². The van der Waals surface area contributed by atoms with Crippen LogP contribution in [0.5, 0.6) is 5.75 Å². The van der Waals surface area contributed by atoms with Gasteiger partial charge in [-0.3, -0.25) is 14.5 Å². The van der Waals surface area contributed by atoms with E-state index >= 15 is 0 Å². The first-order valence-corrected chi connectivity index (χ1v) is 12.4. The van der Waals surface area contributed by atoms with Gasteiger partial charge in [-0.25, -0.2) is 4.39 Å². The van der Waals surface area contributed by atoms with Crippen LogP contribution < -0.4 is 9.64 Å². The van der Waals surface area contributed by atoms with E-state index in [1.807, 2.05) is 38.1 Å². The fourth-order valence-corrected chi connectivity index (χ4v) is 4.53. The lowest BCUT2D eigenvalue weighted by Crippen LogP contribution is -2.29. The Morgan fingerprint density at radius 3 is 2.30 bits per heavy atom. The molecule has 0 spiro atoms. The Hall–Kier alpha value is -3.64. The van der Waals surface area contributed by atoms with Gasteiger partial charge in [0.2, 0.25) is 0 Å². The smallest absolute Gasteiger partial charge is 0.300 e. The van der Waals surface area contributed by atoms with Gasteiger partial charge in [-0.2, -0.15) is 0 Å². The van der Waals surface area contributed by atoms with Crippen molar-refractivity contribution in [2.45, 2.75) is 52.2 Å². The van der Waals surface area contributed by atoms with E-state index in [0.717, 1.165) is 11.6 Å². The summed E-state index contributed by atoms with van der Waals surface area (Å²) in [6.45, 7) is 10.0. The van der Waals surface area contributed by atoms with E-state index in [1.165, 1.54) is 17.0 Å². The van der Waals surface area contributed by atoms with Gasteiger partial charge < -0.3 is 9.84 Å². The highest BCUT2D eigenvalue weighted by Crippen LogP contribution is 2.43. The van der Waals surface area contributed by atoms with Crippen molar-refractivity contribution in [2.75, 3.05) is 4.90 Å². The van der Waals surface area contributed by atoms with E-state index in [4.69, 9.17) is 16.3 Å². The zero-order chi connectivity index (χ0) is 27.1. The zero-order valence-corrected chi connectivity index (χ0v) is 22.1. The number of halogens is 2. The Morgan fingerprint density at radius 2 is 1.70 bits per heavy atom. The fraction of sp³-hybridized carbons (Fsp3) is 0.267. The standard InChI is InChI=1S/C30H29ClFNO4/c1-17(2)37-22-8-6-7-19(15-22)27(34)25-26(18-9-11-20(12-10-18)30(3,4)5)33(29(36)28(25)35)21-13-14-24(32)23(31)16-21/h6-17,26,34H,1-5H3/b27-25+. The van der Waals surface area contributed by atoms with Crippen LogP contribution in [-0.4, -0.2) is 22.9 Å². The molecule has 37 heavy (non-hydrogen) atoms. The highest BCUT2D eigenvalue weighted by atomic mass is 35.5. The molecule has 1 amide bonds. The molecule has 1 unspecified atom stereocenters. The van der Waals surface area contributed by atoms with Crippen LogP contribution in [0.15, 0.2) is 72.3 Å². The topological polar surface area (TPSA) is 66.8 Å². The average molecular weight is 522 g/mol. The summed E-state index contributed by atoms with van der Waals surface area (Å²) in [4.78, 5) is 28.0. The molecule has 3 aromatic rings. The molecule has 0 radical (unpaired) electrons. The predicted molar refractivity (Wildman–Crippen MR) is 144 cm³/mol. The number of carbonyl (C=O) groups excluding carboxylic acids is 2. The number of rotatable bonds is 5. The summed E-state index contributed by atoms with van der Waals surface area (Å²) in [5.74, 6) is -2.14. The average Bonchev–Trinajstić information content (AvgIpc) is 3.10. The highest BCUT2D eigenvalue weighted by molar-refractivity contribution is 6.51. The molecule has 1 aliphatic heterocycles. The third-order valence-corrected chi connectivity index (χ3v) is 6.49. The lowest BCUT2D eigenvalue weighted by Gasteiger charge is -2.27. The van der Waals surface area contributed by atoms with Crippen LogP contribution in [0.25, 0.3) is 5.76 Å². The third kappa shape index (κ3) is 5.25. The normalized spacial score (nSPS) is 17.5. The predicted octanol–water partition coefficient (Wildman–Crippen LogP) is 7.19. The maximum Gasteiger partial charge on any atom is 0.300 e. The number of aliphatic hydroxyl groups excluding tert-OH is 1. The summed E-state index contributed by atoms with van der Waals surface area (Å²) in [6.07, 6.45) is -0.0902. The minimum absolute atomic E-state index is 0.0735. The van der Waals surface area contributed by atoms with Crippen LogP contribution in [0.1, 0.15) is 57.4 Å². The number of anilines is 1. The summed E-state index contributed by atoms with van der Waals surface area (Å²) < 4.78 is 19.7. The van der Waals surface area contributed by atoms with Crippen LogP contribution >= 0.6 is 11.6 Å². The van der Waals surface area contributed by atoms with E-state index in [2.05, 4.69) is 20.8 Å². The molecule has 4 rings (SSSR count). The molecule has 3 aromatic carbocycles. The molecular formula is C30H29ClFNO4. The number of amides is 1. The van der Waals surface area contributed by atoms with Crippen LogP contribution in [0, 0.1) is 5.82 Å². The Morgan fingerprint density at radius 1 is 1.03 bits per heavy atom. The van der Waals surface area contributed by atoms with Crippen LogP contribution in [0.4, 0.5) is 10.1 Å². The van der Waals surface area contributed by atoms with E-state index < -0.39 is 23.5 Å².